The molecule has 0 amide bonds. The molecule has 0 spiro atoms. The Morgan fingerprint density at radius 1 is 1.06 bits per heavy atom. The van der Waals surface area contributed by atoms with E-state index in [2.05, 4.69) is 21.8 Å². The highest BCUT2D eigenvalue weighted by molar-refractivity contribution is 5.81. The molecule has 2 heterocycles. The van der Waals surface area contributed by atoms with E-state index in [0.29, 0.717) is 41.1 Å². The van der Waals surface area contributed by atoms with Crippen LogP contribution in [0.1, 0.15) is 31.2 Å². The normalized spacial score (nSPS) is 11.5. The SMILES string of the molecule is CCCCN(Cc1nc2ccccc2c(=O)[nH]1)Cc1cc(=O)oc2cc(OC)ccc12. The zero-order valence-corrected chi connectivity index (χ0v) is 17.7. The van der Waals surface area contributed by atoms with Gasteiger partial charge in [-0.05, 0) is 42.8 Å². The summed E-state index contributed by atoms with van der Waals surface area (Å²) in [5.74, 6) is 1.24. The van der Waals surface area contributed by atoms with Gasteiger partial charge in [-0.3, -0.25) is 9.69 Å². The molecule has 0 aliphatic carbocycles. The number of hydrogen-bond donors (Lipinski definition) is 1. The van der Waals surface area contributed by atoms with Crippen molar-refractivity contribution in [2.24, 2.45) is 0 Å². The molecule has 4 rings (SSSR count). The van der Waals surface area contributed by atoms with E-state index < -0.39 is 5.63 Å². The fourth-order valence-electron chi connectivity index (χ4n) is 3.73. The lowest BCUT2D eigenvalue weighted by Gasteiger charge is -2.22. The molecule has 4 aromatic rings. The maximum Gasteiger partial charge on any atom is 0.336 e. The Bertz CT molecular complexity index is 1330. The number of aromatic nitrogens is 2. The second kappa shape index (κ2) is 9.14. The first-order valence-corrected chi connectivity index (χ1v) is 10.4. The molecular formula is C24H25N3O4. The van der Waals surface area contributed by atoms with Gasteiger partial charge in [0.05, 0.1) is 24.6 Å². The van der Waals surface area contributed by atoms with Gasteiger partial charge >= 0.3 is 5.63 Å². The summed E-state index contributed by atoms with van der Waals surface area (Å²) in [5.41, 5.74) is 1.50. The van der Waals surface area contributed by atoms with Crippen LogP contribution in [-0.2, 0) is 13.1 Å². The number of ether oxygens (including phenoxy) is 1. The Morgan fingerprint density at radius 3 is 2.71 bits per heavy atom. The summed E-state index contributed by atoms with van der Waals surface area (Å²) in [7, 11) is 1.58. The highest BCUT2D eigenvalue weighted by Gasteiger charge is 2.14. The smallest absolute Gasteiger partial charge is 0.336 e. The van der Waals surface area contributed by atoms with Crippen molar-refractivity contribution in [1.29, 1.82) is 0 Å². The molecule has 2 aromatic carbocycles. The Morgan fingerprint density at radius 2 is 1.90 bits per heavy atom. The van der Waals surface area contributed by atoms with E-state index >= 15 is 0 Å². The van der Waals surface area contributed by atoms with E-state index in [4.69, 9.17) is 9.15 Å². The number of nitrogens with zero attached hydrogens (tertiary/aromatic N) is 2. The average Bonchev–Trinajstić information content (AvgIpc) is 2.77. The van der Waals surface area contributed by atoms with Gasteiger partial charge < -0.3 is 14.1 Å². The molecule has 0 unspecified atom stereocenters. The summed E-state index contributed by atoms with van der Waals surface area (Å²) < 4.78 is 10.6. The summed E-state index contributed by atoms with van der Waals surface area (Å²) in [5, 5.41) is 1.44. The molecule has 0 atom stereocenters. The zero-order chi connectivity index (χ0) is 21.8. The van der Waals surface area contributed by atoms with Crippen molar-refractivity contribution in [3.63, 3.8) is 0 Å². The molecule has 7 heteroatoms. The van der Waals surface area contributed by atoms with Gasteiger partial charge in [0.25, 0.3) is 5.56 Å². The standard InChI is InChI=1S/C24H25N3O4/c1-3-4-11-27(15-22-25-20-8-6-5-7-19(20)24(29)26-22)14-16-12-23(28)31-21-13-17(30-2)9-10-18(16)21/h5-10,12-13H,3-4,11,14-15H2,1-2H3,(H,25,26,29). The Labute approximate surface area is 179 Å². The van der Waals surface area contributed by atoms with E-state index in [1.165, 1.54) is 6.07 Å². The third-order valence-electron chi connectivity index (χ3n) is 5.29. The van der Waals surface area contributed by atoms with Crippen LogP contribution in [0.5, 0.6) is 5.75 Å². The minimum Gasteiger partial charge on any atom is -0.497 e. The second-order valence-electron chi connectivity index (χ2n) is 7.55. The number of benzene rings is 2. The molecule has 1 N–H and O–H groups in total. The lowest BCUT2D eigenvalue weighted by Crippen LogP contribution is -2.27. The number of fused-ring (bicyclic) bond motifs is 2. The van der Waals surface area contributed by atoms with Crippen molar-refractivity contribution in [3.05, 3.63) is 80.7 Å². The Kier molecular flexibility index (Phi) is 6.13. The Hall–Kier alpha value is -3.45. The van der Waals surface area contributed by atoms with Gasteiger partial charge in [-0.2, -0.15) is 0 Å². The summed E-state index contributed by atoms with van der Waals surface area (Å²) in [6, 6.07) is 14.3. The number of hydrogen-bond acceptors (Lipinski definition) is 6. The van der Waals surface area contributed by atoms with Crippen LogP contribution in [-0.4, -0.2) is 28.5 Å². The van der Waals surface area contributed by atoms with Gasteiger partial charge in [0.1, 0.15) is 17.2 Å². The molecule has 2 aromatic heterocycles. The maximum atomic E-state index is 12.5. The minimum absolute atomic E-state index is 0.144. The lowest BCUT2D eigenvalue weighted by molar-refractivity contribution is 0.247. The third-order valence-corrected chi connectivity index (χ3v) is 5.29. The minimum atomic E-state index is -0.400. The summed E-state index contributed by atoms with van der Waals surface area (Å²) in [6.07, 6.45) is 2.03. The topological polar surface area (TPSA) is 88.4 Å². The molecule has 160 valence electrons. The fraction of sp³-hybridized carbons (Fsp3) is 0.292. The molecule has 0 aliphatic rings. The van der Waals surface area contributed by atoms with Gasteiger partial charge in [0, 0.05) is 24.1 Å². The van der Waals surface area contributed by atoms with Crippen LogP contribution >= 0.6 is 0 Å². The van der Waals surface area contributed by atoms with Gasteiger partial charge in [0.2, 0.25) is 0 Å². The van der Waals surface area contributed by atoms with Crippen molar-refractivity contribution in [2.45, 2.75) is 32.9 Å². The average molecular weight is 419 g/mol. The van der Waals surface area contributed by atoms with E-state index in [1.807, 2.05) is 30.3 Å². The molecule has 0 saturated heterocycles. The number of nitrogens with one attached hydrogen (secondary N) is 1. The monoisotopic (exact) mass is 419 g/mol. The molecule has 0 aliphatic heterocycles. The molecule has 0 fully saturated rings. The fourth-order valence-corrected chi connectivity index (χ4v) is 3.73. The predicted molar refractivity (Wildman–Crippen MR) is 120 cm³/mol. The summed E-state index contributed by atoms with van der Waals surface area (Å²) in [4.78, 5) is 34.3. The van der Waals surface area contributed by atoms with Crippen molar-refractivity contribution >= 4 is 21.9 Å². The van der Waals surface area contributed by atoms with Crippen LogP contribution in [0.2, 0.25) is 0 Å². The van der Waals surface area contributed by atoms with Gasteiger partial charge in [0.15, 0.2) is 0 Å². The maximum absolute atomic E-state index is 12.5. The molecule has 0 bridgehead atoms. The van der Waals surface area contributed by atoms with Gasteiger partial charge in [-0.25, -0.2) is 9.78 Å². The lowest BCUT2D eigenvalue weighted by atomic mass is 10.1. The van der Waals surface area contributed by atoms with Crippen LogP contribution in [0.3, 0.4) is 0 Å². The quantitative estimate of drug-likeness (QED) is 0.437. The molecule has 0 radical (unpaired) electrons. The number of unbranched alkanes of at least 4 members (excludes halogenated alkanes) is 1. The van der Waals surface area contributed by atoms with Crippen molar-refractivity contribution < 1.29 is 9.15 Å². The van der Waals surface area contributed by atoms with Crippen LogP contribution in [0.25, 0.3) is 21.9 Å². The highest BCUT2D eigenvalue weighted by atomic mass is 16.5. The molecule has 0 saturated carbocycles. The summed E-state index contributed by atoms with van der Waals surface area (Å²) in [6.45, 7) is 3.95. The van der Waals surface area contributed by atoms with E-state index in [9.17, 15) is 9.59 Å². The van der Waals surface area contributed by atoms with Crippen LogP contribution < -0.4 is 15.9 Å². The number of para-hydroxylation sites is 1. The highest BCUT2D eigenvalue weighted by Crippen LogP contribution is 2.24. The first-order valence-electron chi connectivity index (χ1n) is 10.4. The zero-order valence-electron chi connectivity index (χ0n) is 17.7. The first kappa shape index (κ1) is 20.8. The number of H-pyrrole nitrogens is 1. The van der Waals surface area contributed by atoms with Crippen LogP contribution in [0.4, 0.5) is 0 Å². The van der Waals surface area contributed by atoms with Crippen molar-refractivity contribution in [1.82, 2.24) is 14.9 Å². The van der Waals surface area contributed by atoms with E-state index in [0.717, 1.165) is 30.3 Å². The van der Waals surface area contributed by atoms with Crippen LogP contribution in [0.15, 0.2) is 62.5 Å². The molecule has 31 heavy (non-hydrogen) atoms. The van der Waals surface area contributed by atoms with Crippen molar-refractivity contribution in [2.75, 3.05) is 13.7 Å². The predicted octanol–water partition coefficient (Wildman–Crippen LogP) is 3.84. The third kappa shape index (κ3) is 4.67. The second-order valence-corrected chi connectivity index (χ2v) is 7.55. The van der Waals surface area contributed by atoms with Gasteiger partial charge in [-0.15, -0.1) is 0 Å². The van der Waals surface area contributed by atoms with Crippen LogP contribution in [0, 0.1) is 0 Å². The Balaban J connectivity index is 1.68. The molecular weight excluding hydrogens is 394 g/mol. The van der Waals surface area contributed by atoms with Crippen molar-refractivity contribution in [3.8, 4) is 5.75 Å². The van der Waals surface area contributed by atoms with E-state index in [1.54, 1.807) is 19.2 Å². The summed E-state index contributed by atoms with van der Waals surface area (Å²) >= 11 is 0. The number of methoxy groups -OCH3 is 1. The molecule has 7 nitrogen and oxygen atoms in total. The largest absolute Gasteiger partial charge is 0.497 e. The number of aromatic amines is 1. The number of rotatable bonds is 8. The first-order chi connectivity index (χ1) is 15.1. The van der Waals surface area contributed by atoms with E-state index in [-0.39, 0.29) is 5.56 Å². The van der Waals surface area contributed by atoms with Gasteiger partial charge in [-0.1, -0.05) is 25.5 Å².